The summed E-state index contributed by atoms with van der Waals surface area (Å²) in [4.78, 5) is 0. The molecule has 0 saturated heterocycles. The van der Waals surface area contributed by atoms with Gasteiger partial charge in [0.15, 0.2) is 0 Å². The van der Waals surface area contributed by atoms with Crippen molar-refractivity contribution in [3.05, 3.63) is 35.4 Å². The van der Waals surface area contributed by atoms with Gasteiger partial charge in [0.25, 0.3) is 0 Å². The largest absolute Gasteiger partial charge is 0.313 e. The van der Waals surface area contributed by atoms with E-state index < -0.39 is 0 Å². The van der Waals surface area contributed by atoms with Gasteiger partial charge in [-0.05, 0) is 26.5 Å². The molecule has 68 valence electrons. The van der Waals surface area contributed by atoms with Crippen LogP contribution in [0.5, 0.6) is 0 Å². The van der Waals surface area contributed by atoms with Crippen molar-refractivity contribution >= 4 is 12.4 Å². The summed E-state index contributed by atoms with van der Waals surface area (Å²) in [5, 5.41) is 3.21. The molecule has 0 fully saturated rings. The first-order valence-corrected chi connectivity index (χ1v) is 3.98. The average Bonchev–Trinajstić information content (AvgIpc) is 2.03. The Bertz CT molecular complexity index is 235. The first-order valence-electron chi connectivity index (χ1n) is 3.98. The third kappa shape index (κ3) is 2.84. The topological polar surface area (TPSA) is 12.0 Å². The Balaban J connectivity index is 0.00000121. The van der Waals surface area contributed by atoms with Gasteiger partial charge in [-0.1, -0.05) is 29.8 Å². The molecule has 0 unspecified atom stereocenters. The molecule has 0 aromatic heterocycles. The summed E-state index contributed by atoms with van der Waals surface area (Å²) < 4.78 is 0. The van der Waals surface area contributed by atoms with E-state index in [4.69, 9.17) is 0 Å². The zero-order valence-electron chi connectivity index (χ0n) is 7.79. The van der Waals surface area contributed by atoms with E-state index in [9.17, 15) is 0 Å². The number of benzene rings is 1. The molecule has 0 aliphatic heterocycles. The van der Waals surface area contributed by atoms with Crippen molar-refractivity contribution < 1.29 is 0 Å². The van der Waals surface area contributed by atoms with Crippen LogP contribution in [-0.2, 0) is 0 Å². The molecule has 0 bridgehead atoms. The zero-order chi connectivity index (χ0) is 8.27. The zero-order valence-corrected chi connectivity index (χ0v) is 8.61. The van der Waals surface area contributed by atoms with Crippen LogP contribution in [0.25, 0.3) is 0 Å². The second-order valence-corrected chi connectivity index (χ2v) is 2.92. The predicted molar refractivity (Wildman–Crippen MR) is 55.9 cm³/mol. The highest BCUT2D eigenvalue weighted by Gasteiger charge is 1.99. The number of hydrogen-bond acceptors (Lipinski definition) is 1. The Morgan fingerprint density at radius 1 is 1.33 bits per heavy atom. The van der Waals surface area contributed by atoms with Crippen molar-refractivity contribution in [1.82, 2.24) is 5.32 Å². The van der Waals surface area contributed by atoms with E-state index in [1.165, 1.54) is 11.1 Å². The van der Waals surface area contributed by atoms with E-state index in [2.05, 4.69) is 43.4 Å². The molecule has 12 heavy (non-hydrogen) atoms. The lowest BCUT2D eigenvalue weighted by Crippen LogP contribution is -2.12. The van der Waals surface area contributed by atoms with Crippen LogP contribution in [0.15, 0.2) is 24.3 Å². The Labute approximate surface area is 80.6 Å². The first kappa shape index (κ1) is 11.5. The van der Waals surface area contributed by atoms with Crippen LogP contribution < -0.4 is 5.32 Å². The Morgan fingerprint density at radius 2 is 2.00 bits per heavy atom. The smallest absolute Gasteiger partial charge is 0.0289 e. The van der Waals surface area contributed by atoms with Crippen molar-refractivity contribution in [3.63, 3.8) is 0 Å². The van der Waals surface area contributed by atoms with Gasteiger partial charge in [-0.2, -0.15) is 0 Å². The average molecular weight is 186 g/mol. The van der Waals surface area contributed by atoms with Gasteiger partial charge in [0, 0.05) is 6.04 Å². The molecule has 0 heterocycles. The van der Waals surface area contributed by atoms with Crippen LogP contribution in [0.2, 0.25) is 0 Å². The molecule has 2 heteroatoms. The molecule has 0 aliphatic carbocycles. The van der Waals surface area contributed by atoms with Gasteiger partial charge >= 0.3 is 0 Å². The highest BCUT2D eigenvalue weighted by Crippen LogP contribution is 2.12. The summed E-state index contributed by atoms with van der Waals surface area (Å²) >= 11 is 0. The van der Waals surface area contributed by atoms with Crippen molar-refractivity contribution in [3.8, 4) is 0 Å². The molecular formula is C10H16ClN. The molecule has 1 N–H and O–H groups in total. The molecule has 1 nitrogen and oxygen atoms in total. The summed E-state index contributed by atoms with van der Waals surface area (Å²) in [5.41, 5.74) is 2.68. The summed E-state index contributed by atoms with van der Waals surface area (Å²) in [6.07, 6.45) is 0. The molecule has 1 aromatic carbocycles. The van der Waals surface area contributed by atoms with Gasteiger partial charge in [-0.15, -0.1) is 12.4 Å². The fourth-order valence-corrected chi connectivity index (χ4v) is 1.11. The van der Waals surface area contributed by atoms with Crippen LogP contribution in [-0.4, -0.2) is 7.05 Å². The number of nitrogens with one attached hydrogen (secondary N) is 1. The minimum Gasteiger partial charge on any atom is -0.313 e. The Hall–Kier alpha value is -0.530. The molecule has 0 radical (unpaired) electrons. The molecule has 1 atom stereocenters. The van der Waals surface area contributed by atoms with Crippen LogP contribution in [0.4, 0.5) is 0 Å². The number of aryl methyl sites for hydroxylation is 1. The van der Waals surface area contributed by atoms with Gasteiger partial charge in [-0.25, -0.2) is 0 Å². The maximum absolute atomic E-state index is 3.21. The van der Waals surface area contributed by atoms with Crippen molar-refractivity contribution in [2.45, 2.75) is 19.9 Å². The van der Waals surface area contributed by atoms with E-state index in [-0.39, 0.29) is 12.4 Å². The SMILES string of the molecule is CN[C@@H](C)c1cccc(C)c1.Cl. The summed E-state index contributed by atoms with van der Waals surface area (Å²) in [6.45, 7) is 4.28. The number of rotatable bonds is 2. The third-order valence-electron chi connectivity index (χ3n) is 1.98. The van der Waals surface area contributed by atoms with Crippen LogP contribution in [0, 0.1) is 6.92 Å². The molecule has 0 spiro atoms. The quantitative estimate of drug-likeness (QED) is 0.747. The molecule has 0 saturated carbocycles. The third-order valence-corrected chi connectivity index (χ3v) is 1.98. The molecule has 0 amide bonds. The Morgan fingerprint density at radius 3 is 2.50 bits per heavy atom. The van der Waals surface area contributed by atoms with Crippen LogP contribution in [0.1, 0.15) is 24.1 Å². The summed E-state index contributed by atoms with van der Waals surface area (Å²) in [6, 6.07) is 9.02. The van der Waals surface area contributed by atoms with Crippen molar-refractivity contribution in [1.29, 1.82) is 0 Å². The van der Waals surface area contributed by atoms with Crippen molar-refractivity contribution in [2.24, 2.45) is 0 Å². The van der Waals surface area contributed by atoms with Gasteiger partial charge < -0.3 is 5.32 Å². The minimum absolute atomic E-state index is 0. The lowest BCUT2D eigenvalue weighted by atomic mass is 10.1. The molecule has 0 aliphatic rings. The monoisotopic (exact) mass is 185 g/mol. The molecule has 1 aromatic rings. The van der Waals surface area contributed by atoms with Gasteiger partial charge in [0.05, 0.1) is 0 Å². The summed E-state index contributed by atoms with van der Waals surface area (Å²) in [7, 11) is 1.98. The lowest BCUT2D eigenvalue weighted by Gasteiger charge is -2.10. The minimum atomic E-state index is 0. The second kappa shape index (κ2) is 5.18. The maximum Gasteiger partial charge on any atom is 0.0289 e. The first-order chi connectivity index (χ1) is 5.24. The number of hydrogen-bond donors (Lipinski definition) is 1. The Kier molecular flexibility index (Phi) is 4.95. The van der Waals surface area contributed by atoms with Gasteiger partial charge in [0.2, 0.25) is 0 Å². The van der Waals surface area contributed by atoms with Gasteiger partial charge in [0.1, 0.15) is 0 Å². The van der Waals surface area contributed by atoms with Crippen molar-refractivity contribution in [2.75, 3.05) is 7.05 Å². The maximum atomic E-state index is 3.21. The van der Waals surface area contributed by atoms with Crippen LogP contribution >= 0.6 is 12.4 Å². The standard InChI is InChI=1S/C10H15N.ClH/c1-8-5-4-6-10(7-8)9(2)11-3;/h4-7,9,11H,1-3H3;1H/t9-;/m0./s1. The number of halogens is 1. The predicted octanol–water partition coefficient (Wildman–Crippen LogP) is 2.70. The molecule has 1 rings (SSSR count). The van der Waals surface area contributed by atoms with E-state index in [1.54, 1.807) is 0 Å². The normalized spacial score (nSPS) is 11.9. The second-order valence-electron chi connectivity index (χ2n) is 2.92. The van der Waals surface area contributed by atoms with E-state index in [1.807, 2.05) is 7.05 Å². The van der Waals surface area contributed by atoms with Gasteiger partial charge in [-0.3, -0.25) is 0 Å². The fourth-order valence-electron chi connectivity index (χ4n) is 1.11. The van der Waals surface area contributed by atoms with E-state index >= 15 is 0 Å². The summed E-state index contributed by atoms with van der Waals surface area (Å²) in [5.74, 6) is 0. The highest BCUT2D eigenvalue weighted by atomic mass is 35.5. The van der Waals surface area contributed by atoms with Crippen LogP contribution in [0.3, 0.4) is 0 Å². The molecular weight excluding hydrogens is 170 g/mol. The highest BCUT2D eigenvalue weighted by molar-refractivity contribution is 5.85. The fraction of sp³-hybridized carbons (Fsp3) is 0.400. The van der Waals surface area contributed by atoms with E-state index in [0.717, 1.165) is 0 Å². The lowest BCUT2D eigenvalue weighted by molar-refractivity contribution is 0.652. The van der Waals surface area contributed by atoms with E-state index in [0.29, 0.717) is 6.04 Å².